The second-order valence-corrected chi connectivity index (χ2v) is 5.95. The van der Waals surface area contributed by atoms with Crippen molar-refractivity contribution in [2.45, 2.75) is 25.3 Å². The minimum absolute atomic E-state index is 0.267. The topological polar surface area (TPSA) is 76.1 Å². The van der Waals surface area contributed by atoms with Gasteiger partial charge in [0.05, 0.1) is 14.2 Å². The van der Waals surface area contributed by atoms with E-state index in [1.165, 1.54) is 12.0 Å². The van der Waals surface area contributed by atoms with E-state index in [9.17, 15) is 14.7 Å². The Morgan fingerprint density at radius 1 is 1.25 bits per heavy atom. The Bertz CT molecular complexity index is 762. The van der Waals surface area contributed by atoms with E-state index in [4.69, 9.17) is 9.47 Å². The zero-order valence-corrected chi connectivity index (χ0v) is 13.8. The molecule has 2 aliphatic rings. The molecule has 0 spiro atoms. The number of benzene rings is 1. The van der Waals surface area contributed by atoms with Crippen molar-refractivity contribution in [3.63, 3.8) is 0 Å². The third-order valence-electron chi connectivity index (χ3n) is 4.63. The lowest BCUT2D eigenvalue weighted by atomic mass is 9.78. The maximum absolute atomic E-state index is 12.7. The molecule has 1 amide bonds. The van der Waals surface area contributed by atoms with E-state index in [0.29, 0.717) is 23.4 Å². The molecule has 1 aromatic carbocycles. The molecule has 0 radical (unpaired) electrons. The van der Waals surface area contributed by atoms with Crippen molar-refractivity contribution >= 4 is 17.6 Å². The fourth-order valence-electron chi connectivity index (χ4n) is 3.39. The molecule has 1 aliphatic carbocycles. The van der Waals surface area contributed by atoms with Crippen molar-refractivity contribution in [3.8, 4) is 5.75 Å². The van der Waals surface area contributed by atoms with Crippen LogP contribution in [0.15, 0.2) is 47.2 Å². The summed E-state index contributed by atoms with van der Waals surface area (Å²) in [7, 11) is 2.83. The number of hydrogen-bond donors (Lipinski definition) is 1. The van der Waals surface area contributed by atoms with Crippen LogP contribution in [-0.4, -0.2) is 36.7 Å². The number of anilines is 1. The second-order valence-electron chi connectivity index (χ2n) is 5.95. The van der Waals surface area contributed by atoms with Crippen LogP contribution < -0.4 is 9.64 Å². The van der Waals surface area contributed by atoms with E-state index < -0.39 is 17.4 Å². The fourth-order valence-corrected chi connectivity index (χ4v) is 3.39. The van der Waals surface area contributed by atoms with Crippen LogP contribution in [0, 0.1) is 0 Å². The van der Waals surface area contributed by atoms with Crippen molar-refractivity contribution in [3.05, 3.63) is 47.2 Å². The van der Waals surface area contributed by atoms with Gasteiger partial charge in [-0.15, -0.1) is 0 Å². The lowest BCUT2D eigenvalue weighted by Crippen LogP contribution is -2.56. The molecule has 1 aromatic rings. The average molecular weight is 329 g/mol. The summed E-state index contributed by atoms with van der Waals surface area (Å²) in [6, 6.07) is 6.77. The van der Waals surface area contributed by atoms with Gasteiger partial charge in [-0.05, 0) is 37.6 Å². The summed E-state index contributed by atoms with van der Waals surface area (Å²) in [6.07, 6.45) is 2.53. The number of allylic oxidation sites excluding steroid dienone is 1. The first-order valence-corrected chi connectivity index (χ1v) is 7.61. The number of carbonyl (C=O) groups is 2. The maximum Gasteiger partial charge on any atom is 0.337 e. The Morgan fingerprint density at radius 2 is 1.92 bits per heavy atom. The van der Waals surface area contributed by atoms with Crippen LogP contribution in [0.1, 0.15) is 19.8 Å². The van der Waals surface area contributed by atoms with E-state index in [-0.39, 0.29) is 12.2 Å². The molecule has 126 valence electrons. The Labute approximate surface area is 140 Å². The molecule has 1 aliphatic heterocycles. The normalized spacial score (nSPS) is 23.0. The van der Waals surface area contributed by atoms with Crippen molar-refractivity contribution in [1.29, 1.82) is 0 Å². The number of aliphatic hydroxyl groups excluding tert-OH is 1. The number of esters is 1. The van der Waals surface area contributed by atoms with Crippen LogP contribution in [0.4, 0.5) is 5.69 Å². The van der Waals surface area contributed by atoms with E-state index in [1.54, 1.807) is 31.4 Å². The fraction of sp³-hybridized carbons (Fsp3) is 0.333. The number of fused-ring (bicyclic) bond motifs is 1. The van der Waals surface area contributed by atoms with E-state index in [1.807, 2.05) is 13.0 Å². The molecule has 0 bridgehead atoms. The van der Waals surface area contributed by atoms with Gasteiger partial charge in [0.25, 0.3) is 5.91 Å². The summed E-state index contributed by atoms with van der Waals surface area (Å²) in [6.45, 7) is 1.90. The summed E-state index contributed by atoms with van der Waals surface area (Å²) in [4.78, 5) is 26.7. The van der Waals surface area contributed by atoms with Crippen molar-refractivity contribution in [2.75, 3.05) is 19.1 Å². The number of rotatable bonds is 3. The summed E-state index contributed by atoms with van der Waals surface area (Å²) in [5, 5.41) is 10.4. The van der Waals surface area contributed by atoms with Gasteiger partial charge in [-0.3, -0.25) is 9.69 Å². The molecule has 1 atom stereocenters. The van der Waals surface area contributed by atoms with Crippen molar-refractivity contribution < 1.29 is 24.2 Å². The molecule has 0 aromatic heterocycles. The predicted octanol–water partition coefficient (Wildman–Crippen LogP) is 2.51. The molecular weight excluding hydrogens is 310 g/mol. The molecule has 1 heterocycles. The Hall–Kier alpha value is -2.76. The Kier molecular flexibility index (Phi) is 3.83. The summed E-state index contributed by atoms with van der Waals surface area (Å²) in [5.41, 5.74) is 0.570. The molecule has 3 rings (SSSR count). The van der Waals surface area contributed by atoms with Gasteiger partial charge in [0.2, 0.25) is 0 Å². The number of carbonyl (C=O) groups excluding carboxylic acids is 2. The standard InChI is InChI=1S/C18H19NO5/c1-11-8-9-18(17(22)24-3)14(10-11)15(20)16(21)19(18)12-4-6-13(23-2)7-5-12/h4-8,20H,9-10H2,1-3H3/t18-/m1/s1. The molecule has 0 saturated heterocycles. The SMILES string of the molecule is COC(=O)[C@@]12CC=C(C)CC1=C(O)C(=O)N2c1ccc(OC)cc1. The van der Waals surface area contributed by atoms with E-state index >= 15 is 0 Å². The molecule has 0 saturated carbocycles. The third kappa shape index (κ3) is 2.10. The monoisotopic (exact) mass is 329 g/mol. The van der Waals surface area contributed by atoms with Crippen LogP contribution in [0.2, 0.25) is 0 Å². The van der Waals surface area contributed by atoms with Crippen LogP contribution in [0.25, 0.3) is 0 Å². The van der Waals surface area contributed by atoms with E-state index in [2.05, 4.69) is 0 Å². The largest absolute Gasteiger partial charge is 0.503 e. The molecule has 6 nitrogen and oxygen atoms in total. The Morgan fingerprint density at radius 3 is 2.50 bits per heavy atom. The molecule has 0 fully saturated rings. The van der Waals surface area contributed by atoms with E-state index in [0.717, 1.165) is 5.57 Å². The highest BCUT2D eigenvalue weighted by Gasteiger charge is 2.58. The van der Waals surface area contributed by atoms with Gasteiger partial charge in [0.1, 0.15) is 5.75 Å². The number of hydrogen-bond acceptors (Lipinski definition) is 5. The zero-order valence-electron chi connectivity index (χ0n) is 13.8. The number of aliphatic hydroxyl groups is 1. The van der Waals surface area contributed by atoms with Gasteiger partial charge in [0, 0.05) is 17.7 Å². The summed E-state index contributed by atoms with van der Waals surface area (Å²) in [5.74, 6) is -0.892. The van der Waals surface area contributed by atoms with Gasteiger partial charge in [-0.25, -0.2) is 4.79 Å². The van der Waals surface area contributed by atoms with Gasteiger partial charge in [-0.2, -0.15) is 0 Å². The van der Waals surface area contributed by atoms with Gasteiger partial charge >= 0.3 is 5.97 Å². The first-order chi connectivity index (χ1) is 11.5. The molecule has 24 heavy (non-hydrogen) atoms. The number of nitrogens with zero attached hydrogens (tertiary/aromatic N) is 1. The smallest absolute Gasteiger partial charge is 0.337 e. The lowest BCUT2D eigenvalue weighted by Gasteiger charge is -2.39. The first-order valence-electron chi connectivity index (χ1n) is 7.61. The Balaban J connectivity index is 2.17. The second kappa shape index (κ2) is 5.70. The minimum atomic E-state index is -1.33. The van der Waals surface area contributed by atoms with Gasteiger partial charge in [0.15, 0.2) is 11.3 Å². The lowest BCUT2D eigenvalue weighted by molar-refractivity contribution is -0.146. The zero-order chi connectivity index (χ0) is 17.5. The van der Waals surface area contributed by atoms with Crippen LogP contribution in [-0.2, 0) is 14.3 Å². The van der Waals surface area contributed by atoms with Gasteiger partial charge < -0.3 is 14.6 Å². The highest BCUT2D eigenvalue weighted by molar-refractivity contribution is 6.16. The number of amides is 1. The van der Waals surface area contributed by atoms with Crippen molar-refractivity contribution in [2.24, 2.45) is 0 Å². The third-order valence-corrected chi connectivity index (χ3v) is 4.63. The van der Waals surface area contributed by atoms with Gasteiger partial charge in [-0.1, -0.05) is 11.6 Å². The highest BCUT2D eigenvalue weighted by atomic mass is 16.5. The average Bonchev–Trinajstić information content (AvgIpc) is 2.83. The highest BCUT2D eigenvalue weighted by Crippen LogP contribution is 2.47. The maximum atomic E-state index is 12.7. The van der Waals surface area contributed by atoms with Crippen molar-refractivity contribution in [1.82, 2.24) is 0 Å². The quantitative estimate of drug-likeness (QED) is 0.681. The molecule has 6 heteroatoms. The van der Waals surface area contributed by atoms with Crippen LogP contribution in [0.3, 0.4) is 0 Å². The van der Waals surface area contributed by atoms with Crippen LogP contribution >= 0.6 is 0 Å². The molecule has 1 N–H and O–H groups in total. The summed E-state index contributed by atoms with van der Waals surface area (Å²) >= 11 is 0. The number of methoxy groups -OCH3 is 2. The van der Waals surface area contributed by atoms with Crippen LogP contribution in [0.5, 0.6) is 5.75 Å². The summed E-state index contributed by atoms with van der Waals surface area (Å²) < 4.78 is 10.1. The first kappa shape index (κ1) is 16.1. The molecular formula is C18H19NO5. The minimum Gasteiger partial charge on any atom is -0.503 e. The number of ether oxygens (including phenoxy) is 2. The predicted molar refractivity (Wildman–Crippen MR) is 87.9 cm³/mol. The molecule has 0 unspecified atom stereocenters.